The number of nitrogen functional groups attached to an aromatic ring is 1. The monoisotopic (exact) mass is 260 g/mol. The maximum atomic E-state index is 9.34. The first-order valence-electron chi connectivity index (χ1n) is 6.99. The SMILES string of the molecule is N#Cc1c(N2CCC(N)C2)nn(C2CCCC2)c1N. The van der Waals surface area contributed by atoms with Crippen LogP contribution in [0, 0.1) is 11.3 Å². The summed E-state index contributed by atoms with van der Waals surface area (Å²) in [7, 11) is 0. The average Bonchev–Trinajstić information content (AvgIpc) is 3.08. The largest absolute Gasteiger partial charge is 0.383 e. The molecule has 6 nitrogen and oxygen atoms in total. The van der Waals surface area contributed by atoms with E-state index in [9.17, 15) is 5.26 Å². The van der Waals surface area contributed by atoms with Gasteiger partial charge in [0.05, 0.1) is 6.04 Å². The number of hydrogen-bond acceptors (Lipinski definition) is 5. The highest BCUT2D eigenvalue weighted by atomic mass is 15.4. The molecule has 1 unspecified atom stereocenters. The van der Waals surface area contributed by atoms with Crippen LogP contribution < -0.4 is 16.4 Å². The van der Waals surface area contributed by atoms with Crippen LogP contribution in [0.25, 0.3) is 0 Å². The summed E-state index contributed by atoms with van der Waals surface area (Å²) < 4.78 is 1.87. The van der Waals surface area contributed by atoms with Crippen LogP contribution in [0.5, 0.6) is 0 Å². The van der Waals surface area contributed by atoms with Crippen molar-refractivity contribution in [3.05, 3.63) is 5.56 Å². The molecule has 0 amide bonds. The number of hydrogen-bond donors (Lipinski definition) is 2. The topological polar surface area (TPSA) is 96.9 Å². The van der Waals surface area contributed by atoms with Gasteiger partial charge in [0, 0.05) is 19.1 Å². The number of rotatable bonds is 2. The molecule has 1 aliphatic heterocycles. The van der Waals surface area contributed by atoms with E-state index in [0.29, 0.717) is 17.4 Å². The van der Waals surface area contributed by atoms with E-state index in [4.69, 9.17) is 11.5 Å². The molecule has 102 valence electrons. The Balaban J connectivity index is 1.95. The Bertz CT molecular complexity index is 508. The Kier molecular flexibility index (Phi) is 3.07. The molecule has 0 aromatic carbocycles. The van der Waals surface area contributed by atoms with E-state index in [2.05, 4.69) is 16.1 Å². The van der Waals surface area contributed by atoms with Crippen molar-refractivity contribution in [3.63, 3.8) is 0 Å². The second-order valence-corrected chi connectivity index (χ2v) is 5.57. The summed E-state index contributed by atoms with van der Waals surface area (Å²) in [5, 5.41) is 14.0. The molecule has 4 N–H and O–H groups in total. The fourth-order valence-electron chi connectivity index (χ4n) is 3.17. The Labute approximate surface area is 113 Å². The third-order valence-electron chi connectivity index (χ3n) is 4.24. The molecule has 1 aromatic rings. The highest BCUT2D eigenvalue weighted by Crippen LogP contribution is 2.35. The maximum absolute atomic E-state index is 9.34. The predicted octanol–water partition coefficient (Wildman–Crippen LogP) is 0.989. The van der Waals surface area contributed by atoms with Gasteiger partial charge in [0.25, 0.3) is 0 Å². The summed E-state index contributed by atoms with van der Waals surface area (Å²) >= 11 is 0. The summed E-state index contributed by atoms with van der Waals surface area (Å²) in [5.41, 5.74) is 12.6. The fourth-order valence-corrected chi connectivity index (χ4v) is 3.17. The highest BCUT2D eigenvalue weighted by Gasteiger charge is 2.29. The molecule has 1 aliphatic carbocycles. The van der Waals surface area contributed by atoms with Crippen molar-refractivity contribution in [3.8, 4) is 6.07 Å². The molecule has 0 bridgehead atoms. The molecule has 2 fully saturated rings. The number of anilines is 2. The van der Waals surface area contributed by atoms with Crippen molar-refractivity contribution in [2.75, 3.05) is 23.7 Å². The molecule has 1 saturated heterocycles. The number of aromatic nitrogens is 2. The minimum Gasteiger partial charge on any atom is -0.383 e. The Morgan fingerprint density at radius 2 is 2.00 bits per heavy atom. The van der Waals surface area contributed by atoms with Crippen LogP contribution in [-0.4, -0.2) is 28.9 Å². The molecular formula is C13H20N6. The van der Waals surface area contributed by atoms with Gasteiger partial charge in [0.2, 0.25) is 0 Å². The van der Waals surface area contributed by atoms with Crippen LogP contribution in [0.3, 0.4) is 0 Å². The van der Waals surface area contributed by atoms with E-state index in [0.717, 1.165) is 38.2 Å². The molecular weight excluding hydrogens is 240 g/mol. The van der Waals surface area contributed by atoms with Gasteiger partial charge >= 0.3 is 0 Å². The lowest BCUT2D eigenvalue weighted by atomic mass is 10.2. The van der Waals surface area contributed by atoms with Crippen LogP contribution in [0.15, 0.2) is 0 Å². The van der Waals surface area contributed by atoms with E-state index in [-0.39, 0.29) is 6.04 Å². The number of nitriles is 1. The molecule has 0 spiro atoms. The lowest BCUT2D eigenvalue weighted by Gasteiger charge is -2.15. The first kappa shape index (κ1) is 12.3. The zero-order valence-electron chi connectivity index (χ0n) is 11.0. The summed E-state index contributed by atoms with van der Waals surface area (Å²) in [6.45, 7) is 1.62. The fraction of sp³-hybridized carbons (Fsp3) is 0.692. The zero-order chi connectivity index (χ0) is 13.4. The summed E-state index contributed by atoms with van der Waals surface area (Å²) in [5.74, 6) is 1.24. The van der Waals surface area contributed by atoms with Crippen LogP contribution in [-0.2, 0) is 0 Å². The lowest BCUT2D eigenvalue weighted by Crippen LogP contribution is -2.27. The van der Waals surface area contributed by atoms with E-state index in [1.165, 1.54) is 12.8 Å². The molecule has 2 heterocycles. The zero-order valence-corrected chi connectivity index (χ0v) is 11.0. The van der Waals surface area contributed by atoms with Crippen molar-refractivity contribution in [1.29, 1.82) is 5.26 Å². The third kappa shape index (κ3) is 2.04. The average molecular weight is 260 g/mol. The molecule has 1 saturated carbocycles. The van der Waals surface area contributed by atoms with Crippen LogP contribution in [0.1, 0.15) is 43.7 Å². The van der Waals surface area contributed by atoms with Gasteiger partial charge in [0.15, 0.2) is 5.82 Å². The normalized spacial score (nSPS) is 24.0. The van der Waals surface area contributed by atoms with Crippen molar-refractivity contribution >= 4 is 11.6 Å². The van der Waals surface area contributed by atoms with Crippen LogP contribution in [0.2, 0.25) is 0 Å². The van der Waals surface area contributed by atoms with Gasteiger partial charge in [-0.15, -0.1) is 0 Å². The van der Waals surface area contributed by atoms with Gasteiger partial charge < -0.3 is 16.4 Å². The van der Waals surface area contributed by atoms with Gasteiger partial charge in [-0.3, -0.25) is 0 Å². The molecule has 1 atom stereocenters. The highest BCUT2D eigenvalue weighted by molar-refractivity contribution is 5.65. The van der Waals surface area contributed by atoms with Crippen LogP contribution in [0.4, 0.5) is 11.6 Å². The quantitative estimate of drug-likeness (QED) is 0.826. The standard InChI is InChI=1S/C13H20N6/c14-7-11-12(16)19(10-3-1-2-4-10)17-13(11)18-6-5-9(15)8-18/h9-10H,1-6,8,15-16H2. The van der Waals surface area contributed by atoms with Crippen molar-refractivity contribution in [1.82, 2.24) is 9.78 Å². The molecule has 1 aromatic heterocycles. The summed E-state index contributed by atoms with van der Waals surface area (Å²) in [6, 6.07) is 2.74. The lowest BCUT2D eigenvalue weighted by molar-refractivity contribution is 0.473. The van der Waals surface area contributed by atoms with Gasteiger partial charge in [-0.25, -0.2) is 4.68 Å². The molecule has 2 aliphatic rings. The second kappa shape index (κ2) is 4.74. The molecule has 19 heavy (non-hydrogen) atoms. The van der Waals surface area contributed by atoms with Gasteiger partial charge in [0.1, 0.15) is 17.5 Å². The van der Waals surface area contributed by atoms with E-state index >= 15 is 0 Å². The summed E-state index contributed by atoms with van der Waals surface area (Å²) in [6.07, 6.45) is 5.60. The predicted molar refractivity (Wildman–Crippen MR) is 73.7 cm³/mol. The van der Waals surface area contributed by atoms with Gasteiger partial charge in [-0.2, -0.15) is 10.4 Å². The summed E-state index contributed by atoms with van der Waals surface area (Å²) in [4.78, 5) is 2.09. The molecule has 0 radical (unpaired) electrons. The van der Waals surface area contributed by atoms with E-state index in [1.54, 1.807) is 0 Å². The van der Waals surface area contributed by atoms with E-state index < -0.39 is 0 Å². The number of nitrogens with zero attached hydrogens (tertiary/aromatic N) is 4. The van der Waals surface area contributed by atoms with Crippen molar-refractivity contribution in [2.45, 2.75) is 44.2 Å². The van der Waals surface area contributed by atoms with Crippen LogP contribution >= 0.6 is 0 Å². The number of nitrogens with two attached hydrogens (primary N) is 2. The minimum atomic E-state index is 0.171. The first-order chi connectivity index (χ1) is 9.20. The van der Waals surface area contributed by atoms with E-state index in [1.807, 2.05) is 4.68 Å². The van der Waals surface area contributed by atoms with Crippen molar-refractivity contribution < 1.29 is 0 Å². The van der Waals surface area contributed by atoms with Crippen molar-refractivity contribution in [2.24, 2.45) is 5.73 Å². The van der Waals surface area contributed by atoms with Gasteiger partial charge in [-0.05, 0) is 19.3 Å². The Morgan fingerprint density at radius 3 is 2.58 bits per heavy atom. The Morgan fingerprint density at radius 1 is 1.26 bits per heavy atom. The smallest absolute Gasteiger partial charge is 0.170 e. The Hall–Kier alpha value is -1.74. The molecule has 6 heteroatoms. The molecule has 3 rings (SSSR count). The minimum absolute atomic E-state index is 0.171. The first-order valence-corrected chi connectivity index (χ1v) is 6.99. The second-order valence-electron chi connectivity index (χ2n) is 5.57. The van der Waals surface area contributed by atoms with Gasteiger partial charge in [-0.1, -0.05) is 12.8 Å². The maximum Gasteiger partial charge on any atom is 0.170 e. The third-order valence-corrected chi connectivity index (χ3v) is 4.24.